The van der Waals surface area contributed by atoms with Crippen LogP contribution in [0, 0.1) is 0 Å². The predicted octanol–water partition coefficient (Wildman–Crippen LogP) is 2.87. The highest BCUT2D eigenvalue weighted by Crippen LogP contribution is 2.19. The number of hydrogen-bond acceptors (Lipinski definition) is 3. The molecule has 0 spiro atoms. The topological polar surface area (TPSA) is 42.1 Å². The summed E-state index contributed by atoms with van der Waals surface area (Å²) in [4.78, 5) is 6.90. The van der Waals surface area contributed by atoms with E-state index in [-0.39, 0.29) is 6.04 Å². The maximum absolute atomic E-state index is 5.81. The van der Waals surface area contributed by atoms with Crippen molar-refractivity contribution in [3.63, 3.8) is 0 Å². The summed E-state index contributed by atoms with van der Waals surface area (Å²) in [6.07, 6.45) is 8.70. The highest BCUT2D eigenvalue weighted by atomic mass is 15.1. The molecule has 0 aromatic carbocycles. The van der Waals surface area contributed by atoms with Crippen molar-refractivity contribution in [2.75, 3.05) is 18.0 Å². The van der Waals surface area contributed by atoms with E-state index in [1.165, 1.54) is 50.9 Å². The Kier molecular flexibility index (Phi) is 4.37. The van der Waals surface area contributed by atoms with Crippen LogP contribution in [-0.4, -0.2) is 18.1 Å². The molecule has 0 unspecified atom stereocenters. The van der Waals surface area contributed by atoms with Crippen LogP contribution in [-0.2, 0) is 0 Å². The summed E-state index contributed by atoms with van der Waals surface area (Å²) < 4.78 is 0. The lowest BCUT2D eigenvalue weighted by Crippen LogP contribution is -2.27. The van der Waals surface area contributed by atoms with Crippen LogP contribution in [0.15, 0.2) is 18.3 Å². The predicted molar refractivity (Wildman–Crippen MR) is 72.1 cm³/mol. The summed E-state index contributed by atoms with van der Waals surface area (Å²) in [5.41, 5.74) is 8.03. The summed E-state index contributed by atoms with van der Waals surface area (Å²) >= 11 is 0. The number of hydrogen-bond donors (Lipinski definition) is 1. The Bertz CT molecular complexity index is 324. The van der Waals surface area contributed by atoms with Gasteiger partial charge in [0.2, 0.25) is 0 Å². The van der Waals surface area contributed by atoms with E-state index in [0.717, 1.165) is 5.69 Å². The quantitative estimate of drug-likeness (QED) is 0.854. The number of pyridine rings is 1. The number of aromatic nitrogens is 1. The fraction of sp³-hybridized carbons (Fsp3) is 0.643. The molecule has 2 heterocycles. The van der Waals surface area contributed by atoms with Crippen LogP contribution >= 0.6 is 0 Å². The molecule has 0 bridgehead atoms. The van der Waals surface area contributed by atoms with Crippen molar-refractivity contribution in [3.05, 3.63) is 24.0 Å². The minimum absolute atomic E-state index is 0.0244. The third-order valence-corrected chi connectivity index (χ3v) is 3.46. The van der Waals surface area contributed by atoms with Crippen LogP contribution in [0.25, 0.3) is 0 Å². The number of rotatable bonds is 2. The fourth-order valence-corrected chi connectivity index (χ4v) is 2.36. The van der Waals surface area contributed by atoms with Gasteiger partial charge < -0.3 is 10.6 Å². The van der Waals surface area contributed by atoms with E-state index < -0.39 is 0 Å². The third-order valence-electron chi connectivity index (χ3n) is 3.46. The van der Waals surface area contributed by atoms with Gasteiger partial charge in [-0.15, -0.1) is 0 Å². The standard InChI is InChI=1S/C14H23N3/c1-12(15)14-8-7-13(11-16-14)17-9-5-3-2-4-6-10-17/h7-8,11-12H,2-6,9-10,15H2,1H3/t12-/m1/s1. The number of nitrogens with zero attached hydrogens (tertiary/aromatic N) is 2. The van der Waals surface area contributed by atoms with Crippen molar-refractivity contribution in [1.29, 1.82) is 0 Å². The molecule has 2 rings (SSSR count). The van der Waals surface area contributed by atoms with Gasteiger partial charge in [-0.2, -0.15) is 0 Å². The van der Waals surface area contributed by atoms with Gasteiger partial charge in [0.05, 0.1) is 17.6 Å². The van der Waals surface area contributed by atoms with E-state index in [1.54, 1.807) is 0 Å². The average molecular weight is 233 g/mol. The minimum Gasteiger partial charge on any atom is -0.370 e. The molecule has 17 heavy (non-hydrogen) atoms. The smallest absolute Gasteiger partial charge is 0.0569 e. The van der Waals surface area contributed by atoms with Crippen molar-refractivity contribution in [3.8, 4) is 0 Å². The Labute approximate surface area is 104 Å². The highest BCUT2D eigenvalue weighted by Gasteiger charge is 2.09. The van der Waals surface area contributed by atoms with Gasteiger partial charge in [0.25, 0.3) is 0 Å². The Morgan fingerprint density at radius 2 is 1.76 bits per heavy atom. The molecule has 94 valence electrons. The molecule has 2 N–H and O–H groups in total. The first-order valence-electron chi connectivity index (χ1n) is 6.74. The first-order chi connectivity index (χ1) is 8.27. The molecule has 3 heteroatoms. The van der Waals surface area contributed by atoms with Crippen LogP contribution in [0.1, 0.15) is 50.8 Å². The lowest BCUT2D eigenvalue weighted by atomic mass is 10.1. The van der Waals surface area contributed by atoms with E-state index in [2.05, 4.69) is 22.0 Å². The zero-order valence-corrected chi connectivity index (χ0v) is 10.7. The minimum atomic E-state index is 0.0244. The molecule has 1 fully saturated rings. The Hall–Kier alpha value is -1.09. The van der Waals surface area contributed by atoms with Crippen molar-refractivity contribution < 1.29 is 0 Å². The number of anilines is 1. The Morgan fingerprint density at radius 3 is 2.29 bits per heavy atom. The normalized spacial score (nSPS) is 19.5. The summed E-state index contributed by atoms with van der Waals surface area (Å²) in [5, 5.41) is 0. The van der Waals surface area contributed by atoms with Crippen LogP contribution < -0.4 is 10.6 Å². The monoisotopic (exact) mass is 233 g/mol. The first kappa shape index (κ1) is 12.4. The fourth-order valence-electron chi connectivity index (χ4n) is 2.36. The summed E-state index contributed by atoms with van der Waals surface area (Å²) in [6.45, 7) is 4.30. The lowest BCUT2D eigenvalue weighted by Gasteiger charge is -2.26. The summed E-state index contributed by atoms with van der Waals surface area (Å²) in [6, 6.07) is 4.24. The van der Waals surface area contributed by atoms with Crippen molar-refractivity contribution in [2.24, 2.45) is 5.73 Å². The molecule has 1 atom stereocenters. The lowest BCUT2D eigenvalue weighted by molar-refractivity contribution is 0.556. The molecule has 0 saturated carbocycles. The second-order valence-corrected chi connectivity index (χ2v) is 4.98. The number of nitrogens with two attached hydrogens (primary N) is 1. The largest absolute Gasteiger partial charge is 0.370 e. The van der Waals surface area contributed by atoms with E-state index in [0.29, 0.717) is 0 Å². The zero-order chi connectivity index (χ0) is 12.1. The van der Waals surface area contributed by atoms with E-state index >= 15 is 0 Å². The maximum Gasteiger partial charge on any atom is 0.0569 e. The van der Waals surface area contributed by atoms with Gasteiger partial charge in [-0.1, -0.05) is 19.3 Å². The van der Waals surface area contributed by atoms with Crippen molar-refractivity contribution >= 4 is 5.69 Å². The molecule has 1 aromatic heterocycles. The van der Waals surface area contributed by atoms with E-state index in [1.807, 2.05) is 13.1 Å². The van der Waals surface area contributed by atoms with Gasteiger partial charge in [0, 0.05) is 19.1 Å². The van der Waals surface area contributed by atoms with Gasteiger partial charge >= 0.3 is 0 Å². The Balaban J connectivity index is 2.04. The molecular formula is C14H23N3. The van der Waals surface area contributed by atoms with Gasteiger partial charge in [-0.05, 0) is 31.9 Å². The summed E-state index contributed by atoms with van der Waals surface area (Å²) in [7, 11) is 0. The van der Waals surface area contributed by atoms with Gasteiger partial charge in [-0.25, -0.2) is 0 Å². The molecule has 1 aliphatic heterocycles. The first-order valence-corrected chi connectivity index (χ1v) is 6.74. The van der Waals surface area contributed by atoms with Crippen LogP contribution in [0.2, 0.25) is 0 Å². The Morgan fingerprint density at radius 1 is 1.12 bits per heavy atom. The van der Waals surface area contributed by atoms with Gasteiger partial charge in [-0.3, -0.25) is 4.98 Å². The summed E-state index contributed by atoms with van der Waals surface area (Å²) in [5.74, 6) is 0. The van der Waals surface area contributed by atoms with E-state index in [9.17, 15) is 0 Å². The van der Waals surface area contributed by atoms with Crippen LogP contribution in [0.4, 0.5) is 5.69 Å². The third kappa shape index (κ3) is 3.43. The molecule has 3 nitrogen and oxygen atoms in total. The molecule has 0 radical (unpaired) electrons. The second-order valence-electron chi connectivity index (χ2n) is 4.98. The van der Waals surface area contributed by atoms with Crippen molar-refractivity contribution in [1.82, 2.24) is 4.98 Å². The maximum atomic E-state index is 5.81. The molecule has 0 aliphatic carbocycles. The van der Waals surface area contributed by atoms with Gasteiger partial charge in [0.15, 0.2) is 0 Å². The van der Waals surface area contributed by atoms with Crippen LogP contribution in [0.3, 0.4) is 0 Å². The SMILES string of the molecule is C[C@@H](N)c1ccc(N2CCCCCCC2)cn1. The molecular weight excluding hydrogens is 210 g/mol. The molecule has 1 saturated heterocycles. The van der Waals surface area contributed by atoms with Gasteiger partial charge in [0.1, 0.15) is 0 Å². The van der Waals surface area contributed by atoms with Crippen molar-refractivity contribution in [2.45, 2.75) is 45.1 Å². The average Bonchev–Trinajstić information content (AvgIpc) is 2.29. The molecule has 0 amide bonds. The molecule has 1 aliphatic rings. The molecule has 1 aromatic rings. The zero-order valence-electron chi connectivity index (χ0n) is 10.7. The second kappa shape index (κ2) is 6.01. The van der Waals surface area contributed by atoms with Crippen LogP contribution in [0.5, 0.6) is 0 Å². The highest BCUT2D eigenvalue weighted by molar-refractivity contribution is 5.44. The van der Waals surface area contributed by atoms with E-state index in [4.69, 9.17) is 5.73 Å².